The van der Waals surface area contributed by atoms with Crippen molar-refractivity contribution < 1.29 is 9.32 Å². The first kappa shape index (κ1) is 24.1. The molecule has 1 atom stereocenters. The van der Waals surface area contributed by atoms with Crippen LogP contribution in [0.2, 0.25) is 10.0 Å². The number of rotatable bonds is 8. The van der Waals surface area contributed by atoms with Gasteiger partial charge in [-0.1, -0.05) is 46.1 Å². The average molecular weight is 505 g/mol. The molecule has 1 aromatic heterocycles. The van der Waals surface area contributed by atoms with Crippen LogP contribution < -0.4 is 5.32 Å². The number of aromatic nitrogens is 2. The Balaban J connectivity index is 1.25. The Kier molecular flexibility index (Phi) is 8.30. The molecule has 1 amide bonds. The Hall–Kier alpha value is -2.06. The molecule has 1 saturated heterocycles. The van der Waals surface area contributed by atoms with E-state index in [2.05, 4.69) is 51.5 Å². The van der Waals surface area contributed by atoms with Gasteiger partial charge in [0.1, 0.15) is 0 Å². The molecule has 0 saturated carbocycles. The number of thioether (sulfide) groups is 1. The summed E-state index contributed by atoms with van der Waals surface area (Å²) >= 11 is 14.0. The number of benzene rings is 2. The van der Waals surface area contributed by atoms with E-state index in [1.54, 1.807) is 30.0 Å². The lowest BCUT2D eigenvalue weighted by molar-refractivity contribution is -0.126. The van der Waals surface area contributed by atoms with E-state index in [4.69, 9.17) is 27.7 Å². The Bertz CT molecular complexity index is 1090. The fourth-order valence-corrected chi connectivity index (χ4v) is 5.09. The first-order valence-electron chi connectivity index (χ1n) is 11.0. The highest BCUT2D eigenvalue weighted by Crippen LogP contribution is 2.29. The van der Waals surface area contributed by atoms with E-state index in [0.717, 1.165) is 25.1 Å². The Morgan fingerprint density at radius 3 is 2.85 bits per heavy atom. The summed E-state index contributed by atoms with van der Waals surface area (Å²) in [6.45, 7) is 4.81. The van der Waals surface area contributed by atoms with E-state index in [1.165, 1.54) is 10.5 Å². The maximum Gasteiger partial charge on any atom is 0.241 e. The number of piperidine rings is 1. The topological polar surface area (TPSA) is 71.3 Å². The summed E-state index contributed by atoms with van der Waals surface area (Å²) in [4.78, 5) is 20.6. The summed E-state index contributed by atoms with van der Waals surface area (Å²) in [6.07, 6.45) is 1.85. The summed E-state index contributed by atoms with van der Waals surface area (Å²) in [6, 6.07) is 13.6. The second kappa shape index (κ2) is 11.4. The largest absolute Gasteiger partial charge is 0.355 e. The normalized spacial score (nSPS) is 16.6. The minimum absolute atomic E-state index is 0.0313. The molecule has 1 N–H and O–H groups in total. The second-order valence-electron chi connectivity index (χ2n) is 8.16. The van der Waals surface area contributed by atoms with Crippen LogP contribution in [0.4, 0.5) is 0 Å². The molecule has 9 heteroatoms. The smallest absolute Gasteiger partial charge is 0.241 e. The van der Waals surface area contributed by atoms with Gasteiger partial charge >= 0.3 is 0 Å². The number of nitrogens with one attached hydrogen (secondary N) is 1. The highest BCUT2D eigenvalue weighted by molar-refractivity contribution is 7.99. The van der Waals surface area contributed by atoms with E-state index in [-0.39, 0.29) is 11.8 Å². The number of aryl methyl sites for hydroxylation is 1. The van der Waals surface area contributed by atoms with E-state index in [0.29, 0.717) is 47.0 Å². The van der Waals surface area contributed by atoms with Crippen molar-refractivity contribution in [3.8, 4) is 11.4 Å². The minimum atomic E-state index is -0.0313. The zero-order valence-electron chi connectivity index (χ0n) is 18.4. The molecule has 1 aliphatic heterocycles. The van der Waals surface area contributed by atoms with Crippen molar-refractivity contribution in [1.82, 2.24) is 20.4 Å². The van der Waals surface area contributed by atoms with Crippen LogP contribution in [-0.4, -0.2) is 46.3 Å². The second-order valence-corrected chi connectivity index (χ2v) is 10.2. The zero-order chi connectivity index (χ0) is 23.2. The number of likely N-dealkylation sites (tertiary alicyclic amines) is 1. The highest BCUT2D eigenvalue weighted by Gasteiger charge is 2.27. The molecule has 1 aliphatic rings. The fourth-order valence-electron chi connectivity index (χ4n) is 3.83. The van der Waals surface area contributed by atoms with E-state index < -0.39 is 0 Å². The maximum atomic E-state index is 12.7. The Morgan fingerprint density at radius 2 is 2.06 bits per heavy atom. The third-order valence-electron chi connectivity index (χ3n) is 5.57. The van der Waals surface area contributed by atoms with Crippen molar-refractivity contribution in [2.75, 3.05) is 25.4 Å². The molecule has 2 heterocycles. The van der Waals surface area contributed by atoms with Gasteiger partial charge in [0.25, 0.3) is 0 Å². The Labute approximate surface area is 208 Å². The number of nitrogens with zero attached hydrogens (tertiary/aromatic N) is 3. The lowest BCUT2D eigenvalue weighted by atomic mass is 9.97. The van der Waals surface area contributed by atoms with Gasteiger partial charge in [-0.15, -0.1) is 11.8 Å². The molecule has 0 radical (unpaired) electrons. The Morgan fingerprint density at radius 1 is 1.24 bits per heavy atom. The zero-order valence-corrected chi connectivity index (χ0v) is 20.7. The van der Waals surface area contributed by atoms with Crippen LogP contribution in [0.15, 0.2) is 51.9 Å². The monoisotopic (exact) mass is 504 g/mol. The molecule has 3 aromatic rings. The molecular weight excluding hydrogens is 479 g/mol. The SMILES string of the molecule is Cc1ccc(SCCNC(=O)C2CCCN(Cc3nc(-c4ccc(Cl)cc4Cl)no3)C2)cc1. The summed E-state index contributed by atoms with van der Waals surface area (Å²) in [5.74, 6) is 1.87. The summed E-state index contributed by atoms with van der Waals surface area (Å²) in [5.41, 5.74) is 1.93. The number of carbonyl (C=O) groups is 1. The molecule has 1 unspecified atom stereocenters. The van der Waals surface area contributed by atoms with Crippen LogP contribution in [0, 0.1) is 12.8 Å². The van der Waals surface area contributed by atoms with Crippen molar-refractivity contribution >= 4 is 40.9 Å². The molecule has 0 spiro atoms. The summed E-state index contributed by atoms with van der Waals surface area (Å²) < 4.78 is 5.43. The van der Waals surface area contributed by atoms with Crippen LogP contribution in [0.5, 0.6) is 0 Å². The van der Waals surface area contributed by atoms with Gasteiger partial charge in [0.05, 0.1) is 17.5 Å². The number of amides is 1. The van der Waals surface area contributed by atoms with Crippen molar-refractivity contribution in [3.05, 3.63) is 64.0 Å². The minimum Gasteiger partial charge on any atom is -0.355 e. The van der Waals surface area contributed by atoms with Crippen molar-refractivity contribution in [2.24, 2.45) is 5.92 Å². The van der Waals surface area contributed by atoms with Crippen LogP contribution in [0.3, 0.4) is 0 Å². The van der Waals surface area contributed by atoms with Crippen LogP contribution >= 0.6 is 35.0 Å². The van der Waals surface area contributed by atoms with Gasteiger partial charge < -0.3 is 9.84 Å². The van der Waals surface area contributed by atoms with Crippen molar-refractivity contribution in [2.45, 2.75) is 31.2 Å². The van der Waals surface area contributed by atoms with Gasteiger partial charge in [0.15, 0.2) is 0 Å². The molecular formula is C24H26Cl2N4O2S. The van der Waals surface area contributed by atoms with Gasteiger partial charge in [-0.25, -0.2) is 0 Å². The van der Waals surface area contributed by atoms with Gasteiger partial charge in [0.2, 0.25) is 17.6 Å². The first-order valence-corrected chi connectivity index (χ1v) is 12.7. The number of hydrogen-bond donors (Lipinski definition) is 1. The van der Waals surface area contributed by atoms with Gasteiger partial charge in [-0.3, -0.25) is 9.69 Å². The van der Waals surface area contributed by atoms with Crippen molar-refractivity contribution in [3.63, 3.8) is 0 Å². The first-order chi connectivity index (χ1) is 16.0. The van der Waals surface area contributed by atoms with E-state index >= 15 is 0 Å². The maximum absolute atomic E-state index is 12.7. The van der Waals surface area contributed by atoms with Gasteiger partial charge in [-0.2, -0.15) is 4.98 Å². The molecule has 33 heavy (non-hydrogen) atoms. The van der Waals surface area contributed by atoms with E-state index in [1.807, 2.05) is 0 Å². The van der Waals surface area contributed by atoms with E-state index in [9.17, 15) is 4.79 Å². The summed E-state index contributed by atoms with van der Waals surface area (Å²) in [5, 5.41) is 8.18. The highest BCUT2D eigenvalue weighted by atomic mass is 35.5. The summed E-state index contributed by atoms with van der Waals surface area (Å²) in [7, 11) is 0. The quantitative estimate of drug-likeness (QED) is 0.323. The molecule has 1 fully saturated rings. The molecule has 4 rings (SSSR count). The van der Waals surface area contributed by atoms with Crippen LogP contribution in [0.1, 0.15) is 24.3 Å². The third kappa shape index (κ3) is 6.73. The van der Waals surface area contributed by atoms with Crippen LogP contribution in [0.25, 0.3) is 11.4 Å². The molecule has 2 aromatic carbocycles. The molecule has 174 valence electrons. The van der Waals surface area contributed by atoms with Gasteiger partial charge in [0, 0.05) is 34.3 Å². The average Bonchev–Trinajstić information content (AvgIpc) is 3.26. The number of carbonyl (C=O) groups excluding carboxylic acids is 1. The predicted molar refractivity (Wildman–Crippen MR) is 133 cm³/mol. The molecule has 0 bridgehead atoms. The number of halogens is 2. The van der Waals surface area contributed by atoms with Crippen molar-refractivity contribution in [1.29, 1.82) is 0 Å². The molecule has 0 aliphatic carbocycles. The lowest BCUT2D eigenvalue weighted by Crippen LogP contribution is -2.43. The lowest BCUT2D eigenvalue weighted by Gasteiger charge is -2.30. The third-order valence-corrected chi connectivity index (χ3v) is 7.13. The predicted octanol–water partition coefficient (Wildman–Crippen LogP) is 5.47. The van der Waals surface area contributed by atoms with Gasteiger partial charge in [-0.05, 0) is 56.6 Å². The fraction of sp³-hybridized carbons (Fsp3) is 0.375. The standard InChI is InChI=1S/C24H26Cl2N4O2S/c1-16-4-7-19(8-5-16)33-12-10-27-24(31)17-3-2-11-30(14-17)15-22-28-23(29-32-22)20-9-6-18(25)13-21(20)26/h4-9,13,17H,2-3,10-12,14-15H2,1H3,(H,27,31). The number of hydrogen-bond acceptors (Lipinski definition) is 6. The van der Waals surface area contributed by atoms with Crippen LogP contribution in [-0.2, 0) is 11.3 Å². The molecule has 6 nitrogen and oxygen atoms in total.